The van der Waals surface area contributed by atoms with Crippen LogP contribution in [0, 0.1) is 0 Å². The van der Waals surface area contributed by atoms with Crippen LogP contribution in [0.5, 0.6) is 0 Å². The van der Waals surface area contributed by atoms with Gasteiger partial charge in [0, 0.05) is 5.57 Å². The van der Waals surface area contributed by atoms with E-state index in [1.54, 1.807) is 13.8 Å². The summed E-state index contributed by atoms with van der Waals surface area (Å²) in [7, 11) is 0. The van der Waals surface area contributed by atoms with E-state index in [2.05, 4.69) is 13.2 Å². The van der Waals surface area contributed by atoms with Crippen molar-refractivity contribution >= 4 is 0 Å². The zero-order valence-corrected chi connectivity index (χ0v) is 7.13. The standard InChI is InChI=1S/C9H11F3/c1-6(2)7(3)5-8(4)9(10,11)12/h5H,1,4H2,2-3H3/b7-5-. The highest BCUT2D eigenvalue weighted by Crippen LogP contribution is 2.26. The van der Waals surface area contributed by atoms with Gasteiger partial charge in [-0.3, -0.25) is 0 Å². The van der Waals surface area contributed by atoms with Crippen LogP contribution in [0.4, 0.5) is 13.2 Å². The lowest BCUT2D eigenvalue weighted by atomic mass is 10.1. The molecule has 68 valence electrons. The Kier molecular flexibility index (Phi) is 3.31. The first-order valence-corrected chi connectivity index (χ1v) is 3.35. The molecule has 0 aromatic rings. The maximum atomic E-state index is 11.9. The van der Waals surface area contributed by atoms with Crippen molar-refractivity contribution in [2.75, 3.05) is 0 Å². The number of halogens is 3. The fraction of sp³-hybridized carbons (Fsp3) is 0.333. The summed E-state index contributed by atoms with van der Waals surface area (Å²) in [6, 6.07) is 0. The number of hydrogen-bond donors (Lipinski definition) is 0. The molecule has 0 aliphatic carbocycles. The van der Waals surface area contributed by atoms with Gasteiger partial charge in [-0.2, -0.15) is 13.2 Å². The molecular formula is C9H11F3. The molecule has 0 rings (SSSR count). The predicted octanol–water partition coefficient (Wildman–Crippen LogP) is 3.63. The smallest absolute Gasteiger partial charge is 0.166 e. The number of allylic oxidation sites excluding steroid dienone is 4. The van der Waals surface area contributed by atoms with Crippen molar-refractivity contribution in [3.8, 4) is 0 Å². The minimum absolute atomic E-state index is 0.498. The second-order valence-corrected chi connectivity index (χ2v) is 2.63. The van der Waals surface area contributed by atoms with Gasteiger partial charge >= 0.3 is 6.18 Å². The Morgan fingerprint density at radius 2 is 1.58 bits per heavy atom. The van der Waals surface area contributed by atoms with Gasteiger partial charge in [-0.15, -0.1) is 0 Å². The molecule has 0 spiro atoms. The molecule has 0 bridgehead atoms. The average molecular weight is 176 g/mol. The predicted molar refractivity (Wildman–Crippen MR) is 43.8 cm³/mol. The van der Waals surface area contributed by atoms with E-state index in [0.29, 0.717) is 11.1 Å². The molecule has 0 fully saturated rings. The lowest BCUT2D eigenvalue weighted by Gasteiger charge is -2.06. The first-order chi connectivity index (χ1) is 5.25. The molecule has 0 nitrogen and oxygen atoms in total. The first kappa shape index (κ1) is 11.0. The van der Waals surface area contributed by atoms with E-state index >= 15 is 0 Å². The highest BCUT2D eigenvalue weighted by molar-refractivity contribution is 5.33. The van der Waals surface area contributed by atoms with Gasteiger partial charge in [-0.25, -0.2) is 0 Å². The summed E-state index contributed by atoms with van der Waals surface area (Å²) in [4.78, 5) is 0. The number of rotatable bonds is 2. The van der Waals surface area contributed by atoms with E-state index in [1.807, 2.05) is 0 Å². The monoisotopic (exact) mass is 176 g/mol. The van der Waals surface area contributed by atoms with Gasteiger partial charge < -0.3 is 0 Å². The van der Waals surface area contributed by atoms with Crippen molar-refractivity contribution in [3.63, 3.8) is 0 Å². The third-order valence-electron chi connectivity index (χ3n) is 1.43. The van der Waals surface area contributed by atoms with Gasteiger partial charge in [-0.05, 0) is 25.5 Å². The van der Waals surface area contributed by atoms with E-state index in [-0.39, 0.29) is 0 Å². The zero-order valence-electron chi connectivity index (χ0n) is 7.13. The molecule has 0 aromatic heterocycles. The second kappa shape index (κ2) is 3.61. The van der Waals surface area contributed by atoms with Crippen molar-refractivity contribution in [3.05, 3.63) is 36.0 Å². The SMILES string of the molecule is C=C(C)/C(C)=C\C(=C)C(F)(F)F. The van der Waals surface area contributed by atoms with E-state index in [9.17, 15) is 13.2 Å². The van der Waals surface area contributed by atoms with Crippen molar-refractivity contribution < 1.29 is 13.2 Å². The largest absolute Gasteiger partial charge is 0.415 e. The van der Waals surface area contributed by atoms with Crippen LogP contribution in [0.15, 0.2) is 36.0 Å². The van der Waals surface area contributed by atoms with Crippen LogP contribution in [0.1, 0.15) is 13.8 Å². The van der Waals surface area contributed by atoms with Gasteiger partial charge in [0.25, 0.3) is 0 Å². The fourth-order valence-electron chi connectivity index (χ4n) is 0.466. The zero-order chi connectivity index (χ0) is 9.94. The van der Waals surface area contributed by atoms with Crippen LogP contribution >= 0.6 is 0 Å². The minimum Gasteiger partial charge on any atom is -0.166 e. The molecule has 0 amide bonds. The van der Waals surface area contributed by atoms with Crippen LogP contribution in [0.3, 0.4) is 0 Å². The number of alkyl halides is 3. The lowest BCUT2D eigenvalue weighted by molar-refractivity contribution is -0.0878. The molecular weight excluding hydrogens is 165 g/mol. The highest BCUT2D eigenvalue weighted by atomic mass is 19.4. The Balaban J connectivity index is 4.57. The van der Waals surface area contributed by atoms with Crippen LogP contribution in [0.2, 0.25) is 0 Å². The Labute approximate surface area is 70.1 Å². The molecule has 0 saturated heterocycles. The molecule has 0 aliphatic heterocycles. The van der Waals surface area contributed by atoms with Gasteiger partial charge in [0.2, 0.25) is 0 Å². The summed E-state index contributed by atoms with van der Waals surface area (Å²) in [5.74, 6) is 0. The molecule has 3 heteroatoms. The molecule has 0 aromatic carbocycles. The fourth-order valence-corrected chi connectivity index (χ4v) is 0.466. The summed E-state index contributed by atoms with van der Waals surface area (Å²) in [6.45, 7) is 9.64. The van der Waals surface area contributed by atoms with Crippen LogP contribution in [-0.4, -0.2) is 6.18 Å². The van der Waals surface area contributed by atoms with Gasteiger partial charge in [0.15, 0.2) is 0 Å². The van der Waals surface area contributed by atoms with E-state index in [4.69, 9.17) is 0 Å². The summed E-state index contributed by atoms with van der Waals surface area (Å²) < 4.78 is 35.7. The Hall–Kier alpha value is -0.990. The molecule has 0 unspecified atom stereocenters. The molecule has 0 atom stereocenters. The average Bonchev–Trinajstić information content (AvgIpc) is 1.85. The highest BCUT2D eigenvalue weighted by Gasteiger charge is 2.30. The Morgan fingerprint density at radius 3 is 1.83 bits per heavy atom. The second-order valence-electron chi connectivity index (χ2n) is 2.63. The number of hydrogen-bond acceptors (Lipinski definition) is 0. The van der Waals surface area contributed by atoms with E-state index < -0.39 is 11.7 Å². The summed E-state index contributed by atoms with van der Waals surface area (Å²) in [5, 5.41) is 0. The molecule has 0 saturated carbocycles. The van der Waals surface area contributed by atoms with Crippen molar-refractivity contribution in [2.24, 2.45) is 0 Å². The Morgan fingerprint density at radius 1 is 1.17 bits per heavy atom. The Bertz CT molecular complexity index is 231. The summed E-state index contributed by atoms with van der Waals surface area (Å²) in [6.07, 6.45) is -3.35. The molecule has 0 radical (unpaired) electrons. The van der Waals surface area contributed by atoms with Gasteiger partial charge in [-0.1, -0.05) is 18.7 Å². The van der Waals surface area contributed by atoms with Crippen LogP contribution < -0.4 is 0 Å². The van der Waals surface area contributed by atoms with Crippen molar-refractivity contribution in [2.45, 2.75) is 20.0 Å². The van der Waals surface area contributed by atoms with Gasteiger partial charge in [0.05, 0.1) is 0 Å². The quantitative estimate of drug-likeness (QED) is 0.563. The van der Waals surface area contributed by atoms with E-state index in [0.717, 1.165) is 6.08 Å². The van der Waals surface area contributed by atoms with Crippen molar-refractivity contribution in [1.29, 1.82) is 0 Å². The minimum atomic E-state index is -4.34. The van der Waals surface area contributed by atoms with Crippen LogP contribution in [0.25, 0.3) is 0 Å². The molecule has 0 aliphatic rings. The molecule has 0 N–H and O–H groups in total. The molecule has 12 heavy (non-hydrogen) atoms. The summed E-state index contributed by atoms with van der Waals surface area (Å²) >= 11 is 0. The normalized spacial score (nSPS) is 12.9. The van der Waals surface area contributed by atoms with E-state index in [1.165, 1.54) is 0 Å². The third kappa shape index (κ3) is 3.42. The topological polar surface area (TPSA) is 0 Å². The maximum absolute atomic E-state index is 11.9. The molecule has 0 heterocycles. The van der Waals surface area contributed by atoms with Crippen molar-refractivity contribution in [1.82, 2.24) is 0 Å². The summed E-state index contributed by atoms with van der Waals surface area (Å²) in [5.41, 5.74) is 0.265. The first-order valence-electron chi connectivity index (χ1n) is 3.35. The van der Waals surface area contributed by atoms with Crippen LogP contribution in [-0.2, 0) is 0 Å². The maximum Gasteiger partial charge on any atom is 0.415 e. The van der Waals surface area contributed by atoms with Gasteiger partial charge in [0.1, 0.15) is 0 Å². The lowest BCUT2D eigenvalue weighted by Crippen LogP contribution is -2.08. The third-order valence-corrected chi connectivity index (χ3v) is 1.43.